The molecule has 1 aromatic carbocycles. The number of halogens is 1. The van der Waals surface area contributed by atoms with E-state index in [1.165, 1.54) is 0 Å². The number of hydrogen-bond donors (Lipinski definition) is 0. The Morgan fingerprint density at radius 3 is 2.63 bits per heavy atom. The minimum atomic E-state index is 0.0203. The first-order valence-electron chi connectivity index (χ1n) is 6.32. The standard InChI is InChI=1S/C14H16BrN3O/c1-4-13-16-14(5-2)18(17-13)12-7-6-10(15)8-11(12)9(3)19/h6-8H,4-5H2,1-3H3. The predicted molar refractivity (Wildman–Crippen MR) is 77.8 cm³/mol. The molecule has 0 bridgehead atoms. The second-order valence-corrected chi connectivity index (χ2v) is 5.20. The first kappa shape index (κ1) is 13.9. The molecule has 0 N–H and O–H groups in total. The van der Waals surface area contributed by atoms with Gasteiger partial charge in [-0.25, -0.2) is 9.67 Å². The largest absolute Gasteiger partial charge is 0.294 e. The zero-order valence-corrected chi connectivity index (χ0v) is 12.9. The van der Waals surface area contributed by atoms with Crippen LogP contribution in [-0.2, 0) is 12.8 Å². The molecule has 0 fully saturated rings. The number of rotatable bonds is 4. The van der Waals surface area contributed by atoms with Crippen LogP contribution in [0, 0.1) is 0 Å². The Labute approximate surface area is 121 Å². The number of aromatic nitrogens is 3. The second-order valence-electron chi connectivity index (χ2n) is 4.28. The molecule has 0 aliphatic carbocycles. The summed E-state index contributed by atoms with van der Waals surface area (Å²) in [4.78, 5) is 16.3. The molecular weight excluding hydrogens is 306 g/mol. The number of ketones is 1. The Bertz CT molecular complexity index is 619. The molecule has 100 valence electrons. The van der Waals surface area contributed by atoms with E-state index in [-0.39, 0.29) is 5.78 Å². The molecule has 0 amide bonds. The summed E-state index contributed by atoms with van der Waals surface area (Å²) in [5.74, 6) is 1.70. The Hall–Kier alpha value is -1.49. The summed E-state index contributed by atoms with van der Waals surface area (Å²) in [6.45, 7) is 5.62. The van der Waals surface area contributed by atoms with E-state index in [2.05, 4.69) is 26.0 Å². The number of carbonyl (C=O) groups is 1. The van der Waals surface area contributed by atoms with E-state index >= 15 is 0 Å². The third-order valence-electron chi connectivity index (χ3n) is 2.92. The van der Waals surface area contributed by atoms with Gasteiger partial charge in [0.2, 0.25) is 0 Å². The lowest BCUT2D eigenvalue weighted by Crippen LogP contribution is -2.08. The molecular formula is C14H16BrN3O. The van der Waals surface area contributed by atoms with Crippen molar-refractivity contribution in [1.82, 2.24) is 14.8 Å². The van der Waals surface area contributed by atoms with Gasteiger partial charge in [0.25, 0.3) is 0 Å². The van der Waals surface area contributed by atoms with E-state index < -0.39 is 0 Å². The van der Waals surface area contributed by atoms with E-state index in [4.69, 9.17) is 0 Å². The van der Waals surface area contributed by atoms with Crippen LogP contribution in [0.1, 0.15) is 42.8 Å². The molecule has 4 nitrogen and oxygen atoms in total. The van der Waals surface area contributed by atoms with Gasteiger partial charge in [0.1, 0.15) is 5.82 Å². The van der Waals surface area contributed by atoms with E-state index in [0.29, 0.717) is 5.56 Å². The van der Waals surface area contributed by atoms with Crippen LogP contribution in [0.3, 0.4) is 0 Å². The smallest absolute Gasteiger partial charge is 0.162 e. The number of Topliss-reactive ketones (excluding diaryl/α,β-unsaturated/α-hetero) is 1. The Morgan fingerprint density at radius 2 is 2.05 bits per heavy atom. The van der Waals surface area contributed by atoms with Gasteiger partial charge in [-0.1, -0.05) is 29.8 Å². The second kappa shape index (κ2) is 5.65. The minimum absolute atomic E-state index is 0.0203. The molecule has 0 saturated carbocycles. The van der Waals surface area contributed by atoms with Gasteiger partial charge in [0.05, 0.1) is 5.69 Å². The maximum atomic E-state index is 11.8. The molecule has 0 aliphatic rings. The van der Waals surface area contributed by atoms with Gasteiger partial charge in [-0.15, -0.1) is 0 Å². The topological polar surface area (TPSA) is 47.8 Å². The lowest BCUT2D eigenvalue weighted by Gasteiger charge is -2.09. The maximum Gasteiger partial charge on any atom is 0.162 e. The first-order chi connectivity index (χ1) is 9.06. The van der Waals surface area contributed by atoms with Gasteiger partial charge >= 0.3 is 0 Å². The van der Waals surface area contributed by atoms with Crippen LogP contribution >= 0.6 is 15.9 Å². The molecule has 0 atom stereocenters. The molecule has 0 spiro atoms. The van der Waals surface area contributed by atoms with Gasteiger partial charge in [-0.3, -0.25) is 4.79 Å². The first-order valence-corrected chi connectivity index (χ1v) is 7.11. The molecule has 1 aromatic heterocycles. The predicted octanol–water partition coefficient (Wildman–Crippen LogP) is 3.36. The maximum absolute atomic E-state index is 11.8. The van der Waals surface area contributed by atoms with Crippen molar-refractivity contribution in [3.63, 3.8) is 0 Å². The van der Waals surface area contributed by atoms with Gasteiger partial charge in [0, 0.05) is 22.9 Å². The fourth-order valence-corrected chi connectivity index (χ4v) is 2.30. The summed E-state index contributed by atoms with van der Waals surface area (Å²) >= 11 is 3.39. The number of benzene rings is 1. The summed E-state index contributed by atoms with van der Waals surface area (Å²) in [5.41, 5.74) is 1.44. The normalized spacial score (nSPS) is 10.7. The van der Waals surface area contributed by atoms with Crippen LogP contribution in [-0.4, -0.2) is 20.5 Å². The van der Waals surface area contributed by atoms with Crippen LogP contribution in [0.2, 0.25) is 0 Å². The number of carbonyl (C=O) groups excluding carboxylic acids is 1. The summed E-state index contributed by atoms with van der Waals surface area (Å²) in [7, 11) is 0. The Kier molecular flexibility index (Phi) is 4.14. The summed E-state index contributed by atoms with van der Waals surface area (Å²) in [5, 5.41) is 4.48. The zero-order chi connectivity index (χ0) is 14.0. The van der Waals surface area contributed by atoms with E-state index in [1.54, 1.807) is 11.6 Å². The van der Waals surface area contributed by atoms with Crippen molar-refractivity contribution in [2.75, 3.05) is 0 Å². The quantitative estimate of drug-likeness (QED) is 0.811. The third-order valence-corrected chi connectivity index (χ3v) is 3.41. The van der Waals surface area contributed by atoms with Crippen molar-refractivity contribution >= 4 is 21.7 Å². The summed E-state index contributed by atoms with van der Waals surface area (Å²) < 4.78 is 2.66. The molecule has 0 unspecified atom stereocenters. The molecule has 5 heteroatoms. The van der Waals surface area contributed by atoms with Crippen molar-refractivity contribution in [1.29, 1.82) is 0 Å². The number of nitrogens with zero attached hydrogens (tertiary/aromatic N) is 3. The van der Waals surface area contributed by atoms with Crippen molar-refractivity contribution < 1.29 is 4.79 Å². The Balaban J connectivity index is 2.64. The van der Waals surface area contributed by atoms with Gasteiger partial charge in [-0.2, -0.15) is 5.10 Å². The average Bonchev–Trinajstić information content (AvgIpc) is 2.81. The summed E-state index contributed by atoms with van der Waals surface area (Å²) in [6, 6.07) is 5.63. The van der Waals surface area contributed by atoms with Gasteiger partial charge in [0.15, 0.2) is 11.6 Å². The Morgan fingerprint density at radius 1 is 1.32 bits per heavy atom. The number of hydrogen-bond acceptors (Lipinski definition) is 3. The highest BCUT2D eigenvalue weighted by Gasteiger charge is 2.15. The molecule has 1 heterocycles. The van der Waals surface area contributed by atoms with Crippen LogP contribution in [0.4, 0.5) is 0 Å². The van der Waals surface area contributed by atoms with Crippen molar-refractivity contribution in [2.45, 2.75) is 33.6 Å². The molecule has 0 aliphatic heterocycles. The monoisotopic (exact) mass is 321 g/mol. The highest BCUT2D eigenvalue weighted by atomic mass is 79.9. The van der Waals surface area contributed by atoms with Crippen molar-refractivity contribution in [3.05, 3.63) is 39.9 Å². The fourth-order valence-electron chi connectivity index (χ4n) is 1.94. The van der Waals surface area contributed by atoms with Crippen LogP contribution in [0.15, 0.2) is 22.7 Å². The van der Waals surface area contributed by atoms with Crippen LogP contribution in [0.25, 0.3) is 5.69 Å². The third kappa shape index (κ3) is 2.76. The highest BCUT2D eigenvalue weighted by Crippen LogP contribution is 2.21. The molecule has 2 aromatic rings. The van der Waals surface area contributed by atoms with Crippen molar-refractivity contribution in [2.24, 2.45) is 0 Å². The highest BCUT2D eigenvalue weighted by molar-refractivity contribution is 9.10. The van der Waals surface area contributed by atoms with Gasteiger partial charge in [-0.05, 0) is 25.1 Å². The molecule has 2 rings (SSSR count). The van der Waals surface area contributed by atoms with Crippen LogP contribution in [0.5, 0.6) is 0 Å². The lowest BCUT2D eigenvalue weighted by atomic mass is 10.1. The number of aryl methyl sites for hydroxylation is 2. The SMILES string of the molecule is CCc1nc(CC)n(-c2ccc(Br)cc2C(C)=O)n1. The van der Waals surface area contributed by atoms with Gasteiger partial charge < -0.3 is 0 Å². The summed E-state index contributed by atoms with van der Waals surface area (Å²) in [6.07, 6.45) is 1.56. The average molecular weight is 322 g/mol. The molecule has 19 heavy (non-hydrogen) atoms. The van der Waals surface area contributed by atoms with Crippen LogP contribution < -0.4 is 0 Å². The molecule has 0 saturated heterocycles. The fraction of sp³-hybridized carbons (Fsp3) is 0.357. The van der Waals surface area contributed by atoms with E-state index in [9.17, 15) is 4.79 Å². The minimum Gasteiger partial charge on any atom is -0.294 e. The van der Waals surface area contributed by atoms with E-state index in [1.807, 2.05) is 32.0 Å². The zero-order valence-electron chi connectivity index (χ0n) is 11.3. The lowest BCUT2D eigenvalue weighted by molar-refractivity contribution is 0.101. The molecule has 0 radical (unpaired) electrons. The van der Waals surface area contributed by atoms with Crippen molar-refractivity contribution in [3.8, 4) is 5.69 Å². The van der Waals surface area contributed by atoms with E-state index in [0.717, 1.165) is 34.7 Å².